The predicted molar refractivity (Wildman–Crippen MR) is 267 cm³/mol. The van der Waals surface area contributed by atoms with Crippen molar-refractivity contribution in [3.63, 3.8) is 0 Å². The molecule has 5 heteroatoms. The van der Waals surface area contributed by atoms with Crippen molar-refractivity contribution in [3.8, 4) is 34.0 Å². The van der Waals surface area contributed by atoms with E-state index in [2.05, 4.69) is 215 Å². The van der Waals surface area contributed by atoms with E-state index >= 15 is 0 Å². The molecule has 0 aliphatic carbocycles. The minimum atomic E-state index is 0.654. The molecule has 0 aliphatic heterocycles. The molecule has 0 aliphatic rings. The van der Waals surface area contributed by atoms with E-state index in [0.29, 0.717) is 5.95 Å². The fraction of sp³-hybridized carbons (Fsp3) is 0. The number of thiophene rings is 1. The Morgan fingerprint density at radius 3 is 1.87 bits per heavy atom. The summed E-state index contributed by atoms with van der Waals surface area (Å²) in [6.07, 6.45) is 0. The summed E-state index contributed by atoms with van der Waals surface area (Å²) in [6.45, 7) is 0. The van der Waals surface area contributed by atoms with Crippen molar-refractivity contribution in [1.82, 2.24) is 19.1 Å². The Hall–Kier alpha value is -8.12. The number of hydrogen-bond acceptors (Lipinski definition) is 3. The lowest BCUT2D eigenvalue weighted by Gasteiger charge is -2.14. The van der Waals surface area contributed by atoms with Gasteiger partial charge in [0.1, 0.15) is 0 Å². The number of aromatic nitrogens is 4. The highest BCUT2D eigenvalue weighted by Gasteiger charge is 2.25. The SMILES string of the molecule is c1ccc(-c2nc(-n3c4cc(-c5ccc6c(c5)c5ccccc5n6-c5ccccc5)ccc4c4c5sc6ccccc6c5c5ccccc5c43)nc3c2ccc2ccccc23)cc1. The zero-order chi connectivity index (χ0) is 41.2. The molecule has 0 atom stereocenters. The molecule has 0 spiro atoms. The quantitative estimate of drug-likeness (QED) is 0.166. The normalized spacial score (nSPS) is 12.1. The standard InChI is InChI=1S/C58H34N4S/c1-3-16-36(17-4-1)54-46-31-27-35-15-7-8-20-40(35)55(46)60-58(59-54)62-50-34-38(37-29-32-49-47(33-37)41-21-11-13-25-48(41)61(49)39-18-5-2-6-19-39)28-30-44(50)53-56(62)43-23-10-9-22-42(43)52-45-24-12-14-26-51(45)63-57(52)53/h1-34H. The summed E-state index contributed by atoms with van der Waals surface area (Å²) in [6, 6.07) is 74.6. The van der Waals surface area contributed by atoms with Crippen LogP contribution in [0.15, 0.2) is 206 Å². The molecule has 0 amide bonds. The summed E-state index contributed by atoms with van der Waals surface area (Å²) in [5.41, 5.74) is 10.9. The zero-order valence-electron chi connectivity index (χ0n) is 33.8. The lowest BCUT2D eigenvalue weighted by atomic mass is 9.98. The topological polar surface area (TPSA) is 35.6 Å². The van der Waals surface area contributed by atoms with E-state index in [1.54, 1.807) is 0 Å². The second kappa shape index (κ2) is 13.2. The van der Waals surface area contributed by atoms with Gasteiger partial charge in [-0.15, -0.1) is 11.3 Å². The Bertz CT molecular complexity index is 4200. The Morgan fingerprint density at radius 2 is 1.02 bits per heavy atom. The zero-order valence-corrected chi connectivity index (χ0v) is 34.6. The molecule has 63 heavy (non-hydrogen) atoms. The maximum Gasteiger partial charge on any atom is 0.235 e. The summed E-state index contributed by atoms with van der Waals surface area (Å²) in [5, 5.41) is 13.2. The minimum absolute atomic E-state index is 0.654. The molecular formula is C58H34N4S. The van der Waals surface area contributed by atoms with Crippen LogP contribution in [0, 0.1) is 0 Å². The Balaban J connectivity index is 1.13. The first kappa shape index (κ1) is 34.6. The minimum Gasteiger partial charge on any atom is -0.309 e. The van der Waals surface area contributed by atoms with E-state index in [9.17, 15) is 0 Å². The van der Waals surface area contributed by atoms with Crippen molar-refractivity contribution in [1.29, 1.82) is 0 Å². The van der Waals surface area contributed by atoms with Crippen molar-refractivity contribution in [3.05, 3.63) is 206 Å². The van der Waals surface area contributed by atoms with Gasteiger partial charge in [-0.3, -0.25) is 4.57 Å². The molecule has 292 valence electrons. The summed E-state index contributed by atoms with van der Waals surface area (Å²) < 4.78 is 7.31. The molecule has 10 aromatic carbocycles. The number of benzene rings is 10. The van der Waals surface area contributed by atoms with Gasteiger partial charge < -0.3 is 4.57 Å². The van der Waals surface area contributed by atoms with Crippen LogP contribution in [0.3, 0.4) is 0 Å². The van der Waals surface area contributed by atoms with Gasteiger partial charge in [0.2, 0.25) is 5.95 Å². The Morgan fingerprint density at radius 1 is 0.365 bits per heavy atom. The first-order chi connectivity index (χ1) is 31.3. The molecule has 14 aromatic rings. The fourth-order valence-corrected chi connectivity index (χ4v) is 11.6. The maximum absolute atomic E-state index is 5.62. The monoisotopic (exact) mass is 818 g/mol. The van der Waals surface area contributed by atoms with E-state index in [4.69, 9.17) is 9.97 Å². The lowest BCUT2D eigenvalue weighted by Crippen LogP contribution is -2.04. The van der Waals surface area contributed by atoms with Gasteiger partial charge in [-0.25, -0.2) is 9.97 Å². The van der Waals surface area contributed by atoms with E-state index in [1.807, 2.05) is 11.3 Å². The van der Waals surface area contributed by atoms with Crippen LogP contribution in [-0.2, 0) is 0 Å². The summed E-state index contributed by atoms with van der Waals surface area (Å²) in [4.78, 5) is 11.2. The third-order valence-corrected chi connectivity index (χ3v) is 14.3. The van der Waals surface area contributed by atoms with E-state index < -0.39 is 0 Å². The summed E-state index contributed by atoms with van der Waals surface area (Å²) >= 11 is 1.88. The van der Waals surface area contributed by atoms with Gasteiger partial charge in [-0.1, -0.05) is 158 Å². The number of para-hydroxylation sites is 2. The van der Waals surface area contributed by atoms with E-state index in [-0.39, 0.29) is 0 Å². The third-order valence-electron chi connectivity index (χ3n) is 13.1. The van der Waals surface area contributed by atoms with Crippen LogP contribution in [0.25, 0.3) is 130 Å². The predicted octanol–water partition coefficient (Wildman–Crippen LogP) is 15.8. The molecule has 4 aromatic heterocycles. The van der Waals surface area contributed by atoms with Crippen LogP contribution in [0.1, 0.15) is 0 Å². The van der Waals surface area contributed by atoms with Gasteiger partial charge in [0.25, 0.3) is 0 Å². The molecule has 4 nitrogen and oxygen atoms in total. The summed E-state index contributed by atoms with van der Waals surface area (Å²) in [5.74, 6) is 0.654. The largest absolute Gasteiger partial charge is 0.309 e. The first-order valence-electron chi connectivity index (χ1n) is 21.4. The van der Waals surface area contributed by atoms with Crippen LogP contribution in [0.5, 0.6) is 0 Å². The molecule has 0 fully saturated rings. The molecule has 0 bridgehead atoms. The fourth-order valence-electron chi connectivity index (χ4n) is 10.3. The van der Waals surface area contributed by atoms with Gasteiger partial charge in [-0.05, 0) is 70.4 Å². The van der Waals surface area contributed by atoms with Crippen molar-refractivity contribution in [2.24, 2.45) is 0 Å². The Labute approximate surface area is 365 Å². The highest BCUT2D eigenvalue weighted by molar-refractivity contribution is 7.27. The number of hydrogen-bond donors (Lipinski definition) is 0. The van der Waals surface area contributed by atoms with Gasteiger partial charge >= 0.3 is 0 Å². The first-order valence-corrected chi connectivity index (χ1v) is 22.2. The van der Waals surface area contributed by atoms with Gasteiger partial charge in [0, 0.05) is 69.1 Å². The summed E-state index contributed by atoms with van der Waals surface area (Å²) in [7, 11) is 0. The lowest BCUT2D eigenvalue weighted by molar-refractivity contribution is 1.02. The second-order valence-corrected chi connectivity index (χ2v) is 17.5. The van der Waals surface area contributed by atoms with Crippen molar-refractivity contribution in [2.45, 2.75) is 0 Å². The third kappa shape index (κ3) is 4.97. The number of nitrogens with zero attached hydrogens (tertiary/aromatic N) is 4. The number of rotatable bonds is 4. The molecule has 0 saturated carbocycles. The number of fused-ring (bicyclic) bond motifs is 16. The van der Waals surface area contributed by atoms with Crippen LogP contribution >= 0.6 is 11.3 Å². The van der Waals surface area contributed by atoms with E-state index in [0.717, 1.165) is 60.8 Å². The van der Waals surface area contributed by atoms with Crippen molar-refractivity contribution >= 4 is 108 Å². The van der Waals surface area contributed by atoms with Gasteiger partial charge in [0.15, 0.2) is 0 Å². The van der Waals surface area contributed by atoms with Crippen LogP contribution < -0.4 is 0 Å². The average molecular weight is 819 g/mol. The molecule has 4 heterocycles. The highest BCUT2D eigenvalue weighted by atomic mass is 32.1. The molecule has 0 saturated heterocycles. The van der Waals surface area contributed by atoms with Crippen molar-refractivity contribution in [2.75, 3.05) is 0 Å². The van der Waals surface area contributed by atoms with Crippen molar-refractivity contribution < 1.29 is 0 Å². The van der Waals surface area contributed by atoms with Crippen LogP contribution in [0.4, 0.5) is 0 Å². The maximum atomic E-state index is 5.62. The van der Waals surface area contributed by atoms with Crippen LogP contribution in [0.2, 0.25) is 0 Å². The second-order valence-electron chi connectivity index (χ2n) is 16.5. The average Bonchev–Trinajstić information content (AvgIpc) is 4.02. The van der Waals surface area contributed by atoms with Crippen LogP contribution in [-0.4, -0.2) is 19.1 Å². The van der Waals surface area contributed by atoms with Gasteiger partial charge in [0.05, 0.1) is 33.3 Å². The molecule has 0 unspecified atom stereocenters. The molecule has 0 radical (unpaired) electrons. The van der Waals surface area contributed by atoms with E-state index in [1.165, 1.54) is 63.5 Å². The highest BCUT2D eigenvalue weighted by Crippen LogP contribution is 2.49. The van der Waals surface area contributed by atoms with Gasteiger partial charge in [-0.2, -0.15) is 0 Å². The molecular weight excluding hydrogens is 785 g/mol. The molecule has 14 rings (SSSR count). The molecule has 0 N–H and O–H groups in total. The smallest absolute Gasteiger partial charge is 0.235 e. The Kier molecular flexibility index (Phi) is 7.24.